The molecule has 232 valence electrons. The second-order valence-electron chi connectivity index (χ2n) is 10.3. The first kappa shape index (κ1) is 30.5. The summed E-state index contributed by atoms with van der Waals surface area (Å²) in [6, 6.07) is 14.9. The molecular weight excluding hydrogens is 568 g/mol. The van der Waals surface area contributed by atoms with Gasteiger partial charge in [-0.05, 0) is 73.0 Å². The molecule has 2 unspecified atom stereocenters. The number of carbonyl (C=O) groups is 2. The lowest BCUT2D eigenvalue weighted by Crippen LogP contribution is -2.46. The van der Waals surface area contributed by atoms with Crippen LogP contribution >= 0.6 is 0 Å². The van der Waals surface area contributed by atoms with E-state index in [1.165, 1.54) is 16.8 Å². The Kier molecular flexibility index (Phi) is 9.75. The van der Waals surface area contributed by atoms with Crippen molar-refractivity contribution in [3.8, 4) is 28.6 Å². The summed E-state index contributed by atoms with van der Waals surface area (Å²) in [6.07, 6.45) is 1.73. The molecule has 13 heteroatoms. The second kappa shape index (κ2) is 14.0. The number of tetrazole rings is 1. The maximum absolute atomic E-state index is 14.0. The number of methoxy groups -OCH3 is 3. The number of hydrogen-bond acceptors (Lipinski definition) is 10. The van der Waals surface area contributed by atoms with Gasteiger partial charge in [-0.2, -0.15) is 4.80 Å². The molecule has 5 rings (SSSR count). The quantitative estimate of drug-likeness (QED) is 0.241. The van der Waals surface area contributed by atoms with Crippen LogP contribution in [0.3, 0.4) is 0 Å². The van der Waals surface area contributed by atoms with Gasteiger partial charge in [0.15, 0.2) is 17.5 Å². The number of aromatic nitrogens is 4. The molecule has 1 saturated heterocycles. The molecule has 1 fully saturated rings. The van der Waals surface area contributed by atoms with Gasteiger partial charge in [-0.15, -0.1) is 10.2 Å². The predicted molar refractivity (Wildman–Crippen MR) is 158 cm³/mol. The van der Waals surface area contributed by atoms with Gasteiger partial charge in [-0.3, -0.25) is 9.59 Å². The number of furan rings is 1. The summed E-state index contributed by atoms with van der Waals surface area (Å²) in [4.78, 5) is 30.5. The van der Waals surface area contributed by atoms with Crippen molar-refractivity contribution in [3.63, 3.8) is 0 Å². The monoisotopic (exact) mass is 604 g/mol. The molecule has 44 heavy (non-hydrogen) atoms. The first-order chi connectivity index (χ1) is 21.4. The molecule has 2 aromatic heterocycles. The van der Waals surface area contributed by atoms with Gasteiger partial charge in [0.05, 0.1) is 27.4 Å². The topological polar surface area (TPSA) is 143 Å². The van der Waals surface area contributed by atoms with Crippen LogP contribution in [-0.4, -0.2) is 77.5 Å². The van der Waals surface area contributed by atoms with E-state index in [2.05, 4.69) is 20.7 Å². The molecule has 1 aliphatic rings. The summed E-state index contributed by atoms with van der Waals surface area (Å²) in [5, 5.41) is 15.6. The van der Waals surface area contributed by atoms with Crippen molar-refractivity contribution >= 4 is 11.8 Å². The summed E-state index contributed by atoms with van der Waals surface area (Å²) in [5.74, 6) is 2.20. The van der Waals surface area contributed by atoms with Crippen molar-refractivity contribution in [2.45, 2.75) is 45.0 Å². The van der Waals surface area contributed by atoms with Crippen molar-refractivity contribution in [2.75, 3.05) is 34.5 Å². The van der Waals surface area contributed by atoms with Gasteiger partial charge in [0.2, 0.25) is 11.7 Å². The fraction of sp³-hybridized carbons (Fsp3) is 0.387. The molecule has 0 radical (unpaired) electrons. The molecule has 2 amide bonds. The van der Waals surface area contributed by atoms with Crippen LogP contribution in [0.1, 0.15) is 36.0 Å². The Hall–Kier alpha value is -4.91. The molecule has 0 aliphatic carbocycles. The van der Waals surface area contributed by atoms with Gasteiger partial charge in [-0.1, -0.05) is 12.1 Å². The van der Waals surface area contributed by atoms with Crippen LogP contribution in [0.15, 0.2) is 59.0 Å². The molecule has 0 spiro atoms. The van der Waals surface area contributed by atoms with E-state index in [-0.39, 0.29) is 25.1 Å². The van der Waals surface area contributed by atoms with E-state index < -0.39 is 11.9 Å². The Morgan fingerprint density at radius 3 is 2.50 bits per heavy atom. The van der Waals surface area contributed by atoms with Gasteiger partial charge in [-0.25, -0.2) is 0 Å². The SMILES string of the molecule is COc1ccc(CN(C(=O)Cn2nnc(-c3ccc(OC)c(OC)c3)n2)C(C(=O)NCC2CCCO2)c2ccc(C)o2)cc1. The molecule has 4 aromatic rings. The Bertz CT molecular complexity index is 1560. The summed E-state index contributed by atoms with van der Waals surface area (Å²) in [7, 11) is 4.67. The summed E-state index contributed by atoms with van der Waals surface area (Å²) < 4.78 is 27.6. The number of rotatable bonds is 13. The van der Waals surface area contributed by atoms with Crippen molar-refractivity contribution in [3.05, 3.63) is 71.7 Å². The van der Waals surface area contributed by atoms with E-state index in [1.54, 1.807) is 63.6 Å². The molecule has 2 atom stereocenters. The highest BCUT2D eigenvalue weighted by atomic mass is 16.5. The molecular formula is C31H36N6O7. The fourth-order valence-electron chi connectivity index (χ4n) is 5.01. The van der Waals surface area contributed by atoms with Crippen molar-refractivity contribution in [1.29, 1.82) is 0 Å². The molecule has 1 N–H and O–H groups in total. The third kappa shape index (κ3) is 7.17. The highest BCUT2D eigenvalue weighted by Gasteiger charge is 2.35. The minimum absolute atomic E-state index is 0.0713. The number of benzene rings is 2. The smallest absolute Gasteiger partial charge is 0.250 e. The standard InChI is InChI=1S/C31H36N6O7/c1-20-7-13-26(44-20)29(31(39)32-17-24-6-5-15-43-24)36(18-21-8-11-23(40-2)12-9-21)28(38)19-37-34-30(33-35-37)22-10-14-25(41-3)27(16-22)42-4/h7-14,16,24,29H,5-6,15,17-19H2,1-4H3,(H,32,39). The van der Waals surface area contributed by atoms with Crippen LogP contribution < -0.4 is 19.5 Å². The van der Waals surface area contributed by atoms with E-state index in [0.717, 1.165) is 18.4 Å². The zero-order valence-electron chi connectivity index (χ0n) is 25.2. The van der Waals surface area contributed by atoms with E-state index in [4.69, 9.17) is 23.4 Å². The maximum Gasteiger partial charge on any atom is 0.250 e. The van der Waals surface area contributed by atoms with E-state index in [1.807, 2.05) is 12.1 Å². The molecule has 13 nitrogen and oxygen atoms in total. The van der Waals surface area contributed by atoms with Gasteiger partial charge in [0, 0.05) is 25.3 Å². The van der Waals surface area contributed by atoms with Crippen molar-refractivity contribution < 1.29 is 33.0 Å². The average molecular weight is 605 g/mol. The Balaban J connectivity index is 1.43. The second-order valence-corrected chi connectivity index (χ2v) is 10.3. The van der Waals surface area contributed by atoms with Crippen LogP contribution in [0.4, 0.5) is 0 Å². The lowest BCUT2D eigenvalue weighted by molar-refractivity contribution is -0.143. The molecule has 0 bridgehead atoms. The Labute approximate surface area is 255 Å². The van der Waals surface area contributed by atoms with E-state index >= 15 is 0 Å². The van der Waals surface area contributed by atoms with Crippen LogP contribution in [0.25, 0.3) is 11.4 Å². The van der Waals surface area contributed by atoms with Gasteiger partial charge in [0.1, 0.15) is 23.8 Å². The fourth-order valence-corrected chi connectivity index (χ4v) is 5.01. The first-order valence-electron chi connectivity index (χ1n) is 14.3. The average Bonchev–Trinajstić information content (AvgIpc) is 3.83. The van der Waals surface area contributed by atoms with Crippen molar-refractivity contribution in [2.24, 2.45) is 0 Å². The number of ether oxygens (including phenoxy) is 4. The van der Waals surface area contributed by atoms with Crippen LogP contribution in [0, 0.1) is 6.92 Å². The largest absolute Gasteiger partial charge is 0.497 e. The molecule has 3 heterocycles. The minimum atomic E-state index is -1.06. The maximum atomic E-state index is 14.0. The normalized spacial score (nSPS) is 15.0. The number of aryl methyl sites for hydroxylation is 1. The summed E-state index contributed by atoms with van der Waals surface area (Å²) in [5.41, 5.74) is 1.42. The van der Waals surface area contributed by atoms with E-state index in [0.29, 0.717) is 53.3 Å². The van der Waals surface area contributed by atoms with Crippen molar-refractivity contribution in [1.82, 2.24) is 30.4 Å². The van der Waals surface area contributed by atoms with Gasteiger partial charge < -0.3 is 33.6 Å². The zero-order valence-corrected chi connectivity index (χ0v) is 25.2. The predicted octanol–water partition coefficient (Wildman–Crippen LogP) is 3.33. The summed E-state index contributed by atoms with van der Waals surface area (Å²) >= 11 is 0. The Morgan fingerprint density at radius 1 is 1.05 bits per heavy atom. The number of nitrogens with one attached hydrogen (secondary N) is 1. The number of amides is 2. The lowest BCUT2D eigenvalue weighted by Gasteiger charge is -2.30. The lowest BCUT2D eigenvalue weighted by atomic mass is 10.1. The third-order valence-electron chi connectivity index (χ3n) is 7.32. The zero-order chi connectivity index (χ0) is 31.1. The molecule has 2 aromatic carbocycles. The minimum Gasteiger partial charge on any atom is -0.497 e. The van der Waals surface area contributed by atoms with Gasteiger partial charge >= 0.3 is 0 Å². The van der Waals surface area contributed by atoms with Crippen LogP contribution in [-0.2, 0) is 27.4 Å². The highest BCUT2D eigenvalue weighted by molar-refractivity contribution is 5.88. The highest BCUT2D eigenvalue weighted by Crippen LogP contribution is 2.31. The van der Waals surface area contributed by atoms with Crippen LogP contribution in [0.2, 0.25) is 0 Å². The number of carbonyl (C=O) groups excluding carboxylic acids is 2. The Morgan fingerprint density at radius 2 is 1.84 bits per heavy atom. The molecule has 0 saturated carbocycles. The third-order valence-corrected chi connectivity index (χ3v) is 7.32. The van der Waals surface area contributed by atoms with E-state index in [9.17, 15) is 9.59 Å². The first-order valence-corrected chi connectivity index (χ1v) is 14.3. The van der Waals surface area contributed by atoms with Crippen LogP contribution in [0.5, 0.6) is 17.2 Å². The number of hydrogen-bond donors (Lipinski definition) is 1. The number of nitrogens with zero attached hydrogens (tertiary/aromatic N) is 5. The van der Waals surface area contributed by atoms with Gasteiger partial charge in [0.25, 0.3) is 5.91 Å². The molecule has 1 aliphatic heterocycles. The summed E-state index contributed by atoms with van der Waals surface area (Å²) in [6.45, 7) is 2.62.